The van der Waals surface area contributed by atoms with Gasteiger partial charge in [0.25, 0.3) is 0 Å². The summed E-state index contributed by atoms with van der Waals surface area (Å²) in [6.07, 6.45) is 5.59. The Labute approximate surface area is 104 Å². The van der Waals surface area contributed by atoms with Crippen LogP contribution in [0.2, 0.25) is 0 Å². The van der Waals surface area contributed by atoms with E-state index in [9.17, 15) is 0 Å². The van der Waals surface area contributed by atoms with E-state index in [1.807, 2.05) is 0 Å². The van der Waals surface area contributed by atoms with E-state index >= 15 is 0 Å². The van der Waals surface area contributed by atoms with Gasteiger partial charge in [0.05, 0.1) is 0 Å². The molecule has 0 spiro atoms. The van der Waals surface area contributed by atoms with Crippen molar-refractivity contribution < 1.29 is 0 Å². The Balaban J connectivity index is 1.98. The highest BCUT2D eigenvalue weighted by molar-refractivity contribution is 5.18. The summed E-state index contributed by atoms with van der Waals surface area (Å²) in [4.78, 5) is 0. The quantitative estimate of drug-likeness (QED) is 0.841. The lowest BCUT2D eigenvalue weighted by Crippen LogP contribution is -2.48. The van der Waals surface area contributed by atoms with Crippen molar-refractivity contribution in [2.24, 2.45) is 17.4 Å². The third-order valence-electron chi connectivity index (χ3n) is 4.13. The van der Waals surface area contributed by atoms with Gasteiger partial charge in [0.2, 0.25) is 0 Å². The summed E-state index contributed by atoms with van der Waals surface area (Å²) in [5, 5.41) is 0. The molecule has 2 nitrogen and oxygen atoms in total. The van der Waals surface area contributed by atoms with Gasteiger partial charge in [-0.05, 0) is 50.5 Å². The first-order valence-corrected chi connectivity index (χ1v) is 6.66. The molecule has 4 N–H and O–H groups in total. The standard InChI is InChI=1S/C15H24N2/c1-15(17,11-12-5-3-2-4-6-12)13-7-9-14(16)10-8-13/h2-6,13-14H,7-11,16-17H2,1H3. The van der Waals surface area contributed by atoms with Gasteiger partial charge in [0, 0.05) is 11.6 Å². The van der Waals surface area contributed by atoms with E-state index < -0.39 is 0 Å². The highest BCUT2D eigenvalue weighted by Crippen LogP contribution is 2.32. The molecule has 2 rings (SSSR count). The van der Waals surface area contributed by atoms with Crippen LogP contribution in [0.15, 0.2) is 30.3 Å². The Morgan fingerprint density at radius 3 is 2.29 bits per heavy atom. The van der Waals surface area contributed by atoms with Crippen LogP contribution >= 0.6 is 0 Å². The van der Waals surface area contributed by atoms with E-state index in [4.69, 9.17) is 11.5 Å². The molecule has 1 atom stereocenters. The van der Waals surface area contributed by atoms with Crippen molar-refractivity contribution in [1.82, 2.24) is 0 Å². The average Bonchev–Trinajstić information content (AvgIpc) is 2.30. The second-order valence-corrected chi connectivity index (χ2v) is 5.78. The summed E-state index contributed by atoms with van der Waals surface area (Å²) < 4.78 is 0. The van der Waals surface area contributed by atoms with E-state index in [2.05, 4.69) is 37.3 Å². The lowest BCUT2D eigenvalue weighted by Gasteiger charge is -2.38. The maximum Gasteiger partial charge on any atom is 0.0195 e. The minimum absolute atomic E-state index is 0.0957. The fourth-order valence-electron chi connectivity index (χ4n) is 2.96. The molecule has 0 bridgehead atoms. The highest BCUT2D eigenvalue weighted by Gasteiger charge is 2.32. The van der Waals surface area contributed by atoms with E-state index in [0.29, 0.717) is 12.0 Å². The largest absolute Gasteiger partial charge is 0.328 e. The van der Waals surface area contributed by atoms with Crippen LogP contribution in [-0.2, 0) is 6.42 Å². The zero-order chi connectivity index (χ0) is 12.3. The normalized spacial score (nSPS) is 28.6. The lowest BCUT2D eigenvalue weighted by molar-refractivity contribution is 0.209. The van der Waals surface area contributed by atoms with Gasteiger partial charge in [-0.1, -0.05) is 30.3 Å². The maximum absolute atomic E-state index is 6.53. The summed E-state index contributed by atoms with van der Waals surface area (Å²) in [6.45, 7) is 2.20. The van der Waals surface area contributed by atoms with Gasteiger partial charge in [-0.25, -0.2) is 0 Å². The first-order chi connectivity index (χ1) is 8.08. The van der Waals surface area contributed by atoms with Crippen molar-refractivity contribution >= 4 is 0 Å². The van der Waals surface area contributed by atoms with Gasteiger partial charge in [-0.15, -0.1) is 0 Å². The number of rotatable bonds is 3. The Hall–Kier alpha value is -0.860. The molecule has 17 heavy (non-hydrogen) atoms. The van der Waals surface area contributed by atoms with Crippen LogP contribution < -0.4 is 11.5 Å². The lowest BCUT2D eigenvalue weighted by atomic mass is 9.72. The van der Waals surface area contributed by atoms with Gasteiger partial charge in [-0.2, -0.15) is 0 Å². The van der Waals surface area contributed by atoms with Crippen LogP contribution in [0.25, 0.3) is 0 Å². The van der Waals surface area contributed by atoms with Crippen LogP contribution in [0.4, 0.5) is 0 Å². The van der Waals surface area contributed by atoms with E-state index in [-0.39, 0.29) is 5.54 Å². The summed E-state index contributed by atoms with van der Waals surface area (Å²) in [5.41, 5.74) is 13.7. The molecule has 0 aliphatic heterocycles. The van der Waals surface area contributed by atoms with E-state index in [0.717, 1.165) is 19.3 Å². The second-order valence-electron chi connectivity index (χ2n) is 5.78. The van der Waals surface area contributed by atoms with Crippen molar-refractivity contribution in [2.75, 3.05) is 0 Å². The van der Waals surface area contributed by atoms with Gasteiger partial charge in [-0.3, -0.25) is 0 Å². The van der Waals surface area contributed by atoms with Crippen LogP contribution in [-0.4, -0.2) is 11.6 Å². The molecule has 1 aliphatic rings. The smallest absolute Gasteiger partial charge is 0.0195 e. The van der Waals surface area contributed by atoms with Crippen LogP contribution in [0.1, 0.15) is 38.2 Å². The minimum atomic E-state index is -0.0957. The molecule has 94 valence electrons. The third kappa shape index (κ3) is 3.30. The topological polar surface area (TPSA) is 52.0 Å². The zero-order valence-electron chi connectivity index (χ0n) is 10.7. The van der Waals surface area contributed by atoms with Crippen molar-refractivity contribution in [3.05, 3.63) is 35.9 Å². The summed E-state index contributed by atoms with van der Waals surface area (Å²) in [7, 11) is 0. The van der Waals surface area contributed by atoms with Crippen molar-refractivity contribution in [3.8, 4) is 0 Å². The molecule has 0 aromatic heterocycles. The Bertz CT molecular complexity index is 337. The Kier molecular flexibility index (Phi) is 3.85. The highest BCUT2D eigenvalue weighted by atomic mass is 14.8. The van der Waals surface area contributed by atoms with Crippen molar-refractivity contribution in [3.63, 3.8) is 0 Å². The van der Waals surface area contributed by atoms with E-state index in [1.165, 1.54) is 18.4 Å². The van der Waals surface area contributed by atoms with Crippen molar-refractivity contribution in [1.29, 1.82) is 0 Å². The molecule has 1 saturated carbocycles. The average molecular weight is 232 g/mol. The molecule has 0 saturated heterocycles. The van der Waals surface area contributed by atoms with Crippen LogP contribution in [0.5, 0.6) is 0 Å². The van der Waals surface area contributed by atoms with Gasteiger partial charge in [0.1, 0.15) is 0 Å². The van der Waals surface area contributed by atoms with Crippen LogP contribution in [0.3, 0.4) is 0 Å². The monoisotopic (exact) mass is 232 g/mol. The second kappa shape index (κ2) is 5.19. The number of benzene rings is 1. The maximum atomic E-state index is 6.53. The summed E-state index contributed by atoms with van der Waals surface area (Å²) in [5.74, 6) is 0.613. The fourth-order valence-corrected chi connectivity index (χ4v) is 2.96. The van der Waals surface area contributed by atoms with Gasteiger partial charge >= 0.3 is 0 Å². The molecule has 0 radical (unpaired) electrons. The molecule has 0 heterocycles. The van der Waals surface area contributed by atoms with E-state index in [1.54, 1.807) is 0 Å². The molecule has 0 amide bonds. The zero-order valence-corrected chi connectivity index (χ0v) is 10.7. The van der Waals surface area contributed by atoms with Crippen LogP contribution in [0, 0.1) is 5.92 Å². The summed E-state index contributed by atoms with van der Waals surface area (Å²) >= 11 is 0. The predicted octanol–water partition coefficient (Wildman–Crippen LogP) is 2.46. The third-order valence-corrected chi connectivity index (χ3v) is 4.13. The first kappa shape index (κ1) is 12.6. The molecule has 1 aromatic carbocycles. The minimum Gasteiger partial charge on any atom is -0.328 e. The molecule has 1 unspecified atom stereocenters. The van der Waals surface area contributed by atoms with Crippen molar-refractivity contribution in [2.45, 2.75) is 50.6 Å². The Morgan fingerprint density at radius 2 is 1.71 bits per heavy atom. The molecular weight excluding hydrogens is 208 g/mol. The molecular formula is C15H24N2. The Morgan fingerprint density at radius 1 is 1.12 bits per heavy atom. The first-order valence-electron chi connectivity index (χ1n) is 6.66. The SMILES string of the molecule is CC(N)(Cc1ccccc1)C1CCC(N)CC1. The predicted molar refractivity (Wildman–Crippen MR) is 72.7 cm³/mol. The van der Waals surface area contributed by atoms with Gasteiger partial charge < -0.3 is 11.5 Å². The summed E-state index contributed by atoms with van der Waals surface area (Å²) in [6, 6.07) is 11.0. The molecule has 1 aliphatic carbocycles. The van der Waals surface area contributed by atoms with Gasteiger partial charge in [0.15, 0.2) is 0 Å². The molecule has 1 fully saturated rings. The fraction of sp³-hybridized carbons (Fsp3) is 0.600. The molecule has 1 aromatic rings. The molecule has 2 heteroatoms. The number of hydrogen-bond acceptors (Lipinski definition) is 2. The number of nitrogens with two attached hydrogens (primary N) is 2. The number of hydrogen-bond donors (Lipinski definition) is 2.